The molecule has 0 saturated heterocycles. The fraction of sp³-hybridized carbons (Fsp3) is 0.467. The third-order valence-electron chi connectivity index (χ3n) is 4.12. The van der Waals surface area contributed by atoms with E-state index in [1.165, 1.54) is 12.8 Å². The molecule has 19 heavy (non-hydrogen) atoms. The number of benzene rings is 1. The molecule has 1 atom stereocenters. The van der Waals surface area contributed by atoms with Gasteiger partial charge >= 0.3 is 0 Å². The molecular weight excluding hydrogens is 240 g/mol. The average Bonchev–Trinajstić information content (AvgIpc) is 3.30. The van der Waals surface area contributed by atoms with E-state index >= 15 is 0 Å². The molecular formula is C15H16N2O2. The van der Waals surface area contributed by atoms with Crippen LogP contribution in [0, 0.1) is 17.2 Å². The number of rotatable bonds is 4. The topological polar surface area (TPSA) is 73.1 Å². The smallest absolute Gasteiger partial charge is 0.253 e. The van der Waals surface area contributed by atoms with Crippen LogP contribution in [0.4, 0.5) is 0 Å². The van der Waals surface area contributed by atoms with Crippen LogP contribution in [-0.4, -0.2) is 16.6 Å². The Morgan fingerprint density at radius 2 is 2.00 bits per heavy atom. The van der Waals surface area contributed by atoms with Gasteiger partial charge in [-0.15, -0.1) is 0 Å². The summed E-state index contributed by atoms with van der Waals surface area (Å²) in [5.41, 5.74) is 1.03. The number of hydrogen-bond donors (Lipinski definition) is 2. The van der Waals surface area contributed by atoms with Crippen molar-refractivity contribution in [3.63, 3.8) is 0 Å². The van der Waals surface area contributed by atoms with Crippen molar-refractivity contribution in [3.8, 4) is 6.07 Å². The second-order valence-corrected chi connectivity index (χ2v) is 5.56. The Morgan fingerprint density at radius 1 is 1.37 bits per heavy atom. The summed E-state index contributed by atoms with van der Waals surface area (Å²) in [6, 6.07) is 8.48. The molecule has 0 heterocycles. The highest BCUT2D eigenvalue weighted by Gasteiger charge is 2.55. The van der Waals surface area contributed by atoms with Crippen LogP contribution in [0.5, 0.6) is 0 Å². The van der Waals surface area contributed by atoms with Gasteiger partial charge in [-0.2, -0.15) is 5.26 Å². The highest BCUT2D eigenvalue weighted by atomic mass is 16.3. The summed E-state index contributed by atoms with van der Waals surface area (Å²) in [5, 5.41) is 21.8. The van der Waals surface area contributed by atoms with E-state index in [-0.39, 0.29) is 11.4 Å². The molecule has 4 heteroatoms. The Bertz CT molecular complexity index is 536. The molecule has 98 valence electrons. The minimum absolute atomic E-state index is 0.0232. The molecule has 0 aliphatic heterocycles. The van der Waals surface area contributed by atoms with Crippen molar-refractivity contribution in [2.75, 3.05) is 0 Å². The molecule has 3 rings (SSSR count). The molecule has 2 saturated carbocycles. The maximum absolute atomic E-state index is 12.1. The number of carbonyl (C=O) groups excluding carboxylic acids is 1. The lowest BCUT2D eigenvalue weighted by Crippen LogP contribution is -2.41. The summed E-state index contributed by atoms with van der Waals surface area (Å²) in [6.45, 7) is 0. The first-order valence-corrected chi connectivity index (χ1v) is 6.65. The molecule has 0 aromatic heterocycles. The lowest BCUT2D eigenvalue weighted by molar-refractivity contribution is -0.130. The Kier molecular flexibility index (Phi) is 2.79. The molecule has 2 aliphatic carbocycles. The van der Waals surface area contributed by atoms with Gasteiger partial charge in [-0.1, -0.05) is 12.1 Å². The first-order valence-electron chi connectivity index (χ1n) is 6.65. The van der Waals surface area contributed by atoms with Crippen LogP contribution < -0.4 is 5.32 Å². The first-order chi connectivity index (χ1) is 9.14. The second kappa shape index (κ2) is 4.36. The molecule has 0 radical (unpaired) electrons. The summed E-state index contributed by atoms with van der Waals surface area (Å²) in [5.74, 6) is 0.290. The van der Waals surface area contributed by atoms with Crippen LogP contribution in [0.3, 0.4) is 0 Å². The van der Waals surface area contributed by atoms with Gasteiger partial charge in [-0.05, 0) is 49.3 Å². The molecule has 0 bridgehead atoms. The monoisotopic (exact) mass is 256 g/mol. The summed E-state index contributed by atoms with van der Waals surface area (Å²) in [7, 11) is 0. The summed E-state index contributed by atoms with van der Waals surface area (Å²) < 4.78 is 0. The lowest BCUT2D eigenvalue weighted by Gasteiger charge is -2.19. The minimum atomic E-state index is -1.15. The maximum Gasteiger partial charge on any atom is 0.253 e. The van der Waals surface area contributed by atoms with Gasteiger partial charge in [0.2, 0.25) is 0 Å². The largest absolute Gasteiger partial charge is 0.378 e. The fourth-order valence-electron chi connectivity index (χ4n) is 2.61. The van der Waals surface area contributed by atoms with E-state index < -0.39 is 6.10 Å². The number of aliphatic hydroxyl groups excluding tert-OH is 1. The Labute approximate surface area is 112 Å². The SMILES string of the molecule is N#Cc1ccc(C(O)C(=O)NC2(C3CC3)CC2)cc1. The standard InChI is InChI=1S/C15H16N2O2/c16-9-10-1-3-11(4-2-10)13(18)14(19)17-15(7-8-15)12-5-6-12/h1-4,12-13,18H,5-8H2,(H,17,19). The molecule has 1 aromatic rings. The van der Waals surface area contributed by atoms with E-state index in [4.69, 9.17) is 5.26 Å². The predicted molar refractivity (Wildman–Crippen MR) is 68.9 cm³/mol. The zero-order valence-electron chi connectivity index (χ0n) is 10.6. The molecule has 0 spiro atoms. The van der Waals surface area contributed by atoms with E-state index in [2.05, 4.69) is 5.32 Å². The van der Waals surface area contributed by atoms with Gasteiger partial charge in [0.1, 0.15) is 0 Å². The molecule has 1 amide bonds. The maximum atomic E-state index is 12.1. The Hall–Kier alpha value is -1.86. The van der Waals surface area contributed by atoms with Crippen LogP contribution in [0.25, 0.3) is 0 Å². The van der Waals surface area contributed by atoms with Gasteiger partial charge in [0.25, 0.3) is 5.91 Å². The summed E-state index contributed by atoms with van der Waals surface area (Å²) in [4.78, 5) is 12.1. The van der Waals surface area contributed by atoms with Gasteiger partial charge in [0.15, 0.2) is 6.10 Å². The third kappa shape index (κ3) is 2.34. The second-order valence-electron chi connectivity index (χ2n) is 5.56. The normalized spacial score (nSPS) is 21.3. The summed E-state index contributed by atoms with van der Waals surface area (Å²) in [6.07, 6.45) is 3.29. The zero-order valence-corrected chi connectivity index (χ0v) is 10.6. The van der Waals surface area contributed by atoms with Crippen LogP contribution >= 0.6 is 0 Å². The van der Waals surface area contributed by atoms with Crippen molar-refractivity contribution < 1.29 is 9.90 Å². The third-order valence-corrected chi connectivity index (χ3v) is 4.12. The van der Waals surface area contributed by atoms with Crippen LogP contribution in [0.15, 0.2) is 24.3 Å². The number of nitrogens with zero attached hydrogens (tertiary/aromatic N) is 1. The number of amides is 1. The van der Waals surface area contributed by atoms with Crippen molar-refractivity contribution in [1.82, 2.24) is 5.32 Å². The molecule has 1 aromatic carbocycles. The molecule has 1 unspecified atom stereocenters. The minimum Gasteiger partial charge on any atom is -0.378 e. The fourth-order valence-corrected chi connectivity index (χ4v) is 2.61. The van der Waals surface area contributed by atoms with Crippen molar-refractivity contribution in [1.29, 1.82) is 5.26 Å². The van der Waals surface area contributed by atoms with Gasteiger partial charge in [0, 0.05) is 5.54 Å². The number of hydrogen-bond acceptors (Lipinski definition) is 3. The van der Waals surface area contributed by atoms with Gasteiger partial charge in [-0.3, -0.25) is 4.79 Å². The van der Waals surface area contributed by atoms with E-state index in [0.29, 0.717) is 17.0 Å². The molecule has 2 aliphatic rings. The quantitative estimate of drug-likeness (QED) is 0.860. The van der Waals surface area contributed by atoms with E-state index in [9.17, 15) is 9.90 Å². The number of nitrogens with one attached hydrogen (secondary N) is 1. The van der Waals surface area contributed by atoms with Crippen molar-refractivity contribution >= 4 is 5.91 Å². The predicted octanol–water partition coefficient (Wildman–Crippen LogP) is 1.65. The number of carbonyl (C=O) groups is 1. The lowest BCUT2D eigenvalue weighted by atomic mass is 10.1. The van der Waals surface area contributed by atoms with Crippen LogP contribution in [0.1, 0.15) is 42.9 Å². The van der Waals surface area contributed by atoms with Gasteiger partial charge in [0.05, 0.1) is 11.6 Å². The van der Waals surface area contributed by atoms with Crippen molar-refractivity contribution in [3.05, 3.63) is 35.4 Å². The molecule has 2 fully saturated rings. The van der Waals surface area contributed by atoms with E-state index in [1.54, 1.807) is 24.3 Å². The average molecular weight is 256 g/mol. The van der Waals surface area contributed by atoms with Crippen LogP contribution in [0.2, 0.25) is 0 Å². The van der Waals surface area contributed by atoms with Gasteiger partial charge in [-0.25, -0.2) is 0 Å². The van der Waals surface area contributed by atoms with Crippen LogP contribution in [-0.2, 0) is 4.79 Å². The molecule has 4 nitrogen and oxygen atoms in total. The highest BCUT2D eigenvalue weighted by Crippen LogP contribution is 2.53. The highest BCUT2D eigenvalue weighted by molar-refractivity contribution is 5.83. The summed E-state index contributed by atoms with van der Waals surface area (Å²) >= 11 is 0. The number of aliphatic hydroxyl groups is 1. The Balaban J connectivity index is 1.67. The van der Waals surface area contributed by atoms with E-state index in [0.717, 1.165) is 12.8 Å². The first kappa shape index (κ1) is 12.2. The molecule has 2 N–H and O–H groups in total. The van der Waals surface area contributed by atoms with Gasteiger partial charge < -0.3 is 10.4 Å². The number of nitriles is 1. The Morgan fingerprint density at radius 3 is 2.47 bits per heavy atom. The zero-order chi connectivity index (χ0) is 13.5. The van der Waals surface area contributed by atoms with Crippen molar-refractivity contribution in [2.45, 2.75) is 37.3 Å². The van der Waals surface area contributed by atoms with E-state index in [1.807, 2.05) is 6.07 Å². The van der Waals surface area contributed by atoms with Crippen molar-refractivity contribution in [2.24, 2.45) is 5.92 Å².